The van der Waals surface area contributed by atoms with Gasteiger partial charge in [0.25, 0.3) is 0 Å². The van der Waals surface area contributed by atoms with E-state index in [0.717, 1.165) is 10.9 Å². The lowest BCUT2D eigenvalue weighted by Crippen LogP contribution is -2.10. The molecule has 0 saturated heterocycles. The van der Waals surface area contributed by atoms with Crippen LogP contribution in [0.4, 0.5) is 0 Å². The zero-order valence-corrected chi connectivity index (χ0v) is 14.7. The van der Waals surface area contributed by atoms with Crippen LogP contribution < -0.4 is 18.4 Å². The number of nitrogens with one attached hydrogen (secondary N) is 1. The van der Waals surface area contributed by atoms with E-state index in [2.05, 4.69) is 4.98 Å². The summed E-state index contributed by atoms with van der Waals surface area (Å²) in [6.45, 7) is 0. The lowest BCUT2D eigenvalue weighted by Gasteiger charge is -2.14. The molecule has 3 rings (SSSR count). The van der Waals surface area contributed by atoms with E-state index in [0.29, 0.717) is 17.2 Å². The summed E-state index contributed by atoms with van der Waals surface area (Å²) in [5.74, 6) is 1.01. The molecule has 7 nitrogen and oxygen atoms in total. The molecule has 1 N–H and O–H groups in total. The highest BCUT2D eigenvalue weighted by Gasteiger charge is 2.21. The quantitative estimate of drug-likeness (QED) is 0.678. The molecule has 8 heteroatoms. The number of aromatic nitrogens is 1. The molecule has 132 valence electrons. The number of rotatable bonds is 6. The number of benzene rings is 2. The molecule has 0 aliphatic rings. The van der Waals surface area contributed by atoms with E-state index in [4.69, 9.17) is 18.4 Å². The van der Waals surface area contributed by atoms with Gasteiger partial charge in [-0.2, -0.15) is 8.42 Å². The van der Waals surface area contributed by atoms with Crippen molar-refractivity contribution in [2.45, 2.75) is 4.90 Å². The summed E-state index contributed by atoms with van der Waals surface area (Å²) in [4.78, 5) is 3.06. The minimum absolute atomic E-state index is 0.0494. The number of H-pyrrole nitrogens is 1. The van der Waals surface area contributed by atoms with Crippen molar-refractivity contribution >= 4 is 21.0 Å². The Bertz CT molecular complexity index is 984. The van der Waals surface area contributed by atoms with Gasteiger partial charge in [0, 0.05) is 29.2 Å². The molecule has 1 aromatic heterocycles. The first kappa shape index (κ1) is 17.0. The Kier molecular flexibility index (Phi) is 4.45. The summed E-state index contributed by atoms with van der Waals surface area (Å²) in [5.41, 5.74) is 0.840. The Hall–Kier alpha value is -2.87. The van der Waals surface area contributed by atoms with Gasteiger partial charge in [-0.3, -0.25) is 0 Å². The summed E-state index contributed by atoms with van der Waals surface area (Å²) in [5, 5.41) is 0.773. The van der Waals surface area contributed by atoms with Gasteiger partial charge >= 0.3 is 10.1 Å². The molecule has 2 aromatic carbocycles. The van der Waals surface area contributed by atoms with Crippen LogP contribution in [0.15, 0.2) is 47.5 Å². The Balaban J connectivity index is 2.00. The van der Waals surface area contributed by atoms with Crippen molar-refractivity contribution in [1.29, 1.82) is 0 Å². The third kappa shape index (κ3) is 3.20. The van der Waals surface area contributed by atoms with Crippen molar-refractivity contribution in [1.82, 2.24) is 4.98 Å². The summed E-state index contributed by atoms with van der Waals surface area (Å²) >= 11 is 0. The minimum Gasteiger partial charge on any atom is -0.493 e. The first-order valence-electron chi connectivity index (χ1n) is 7.30. The van der Waals surface area contributed by atoms with Gasteiger partial charge in [-0.25, -0.2) is 0 Å². The molecule has 0 aliphatic carbocycles. The van der Waals surface area contributed by atoms with Crippen molar-refractivity contribution in [3.63, 3.8) is 0 Å². The number of hydrogen-bond acceptors (Lipinski definition) is 6. The third-order valence-electron chi connectivity index (χ3n) is 3.66. The van der Waals surface area contributed by atoms with Gasteiger partial charge in [-0.05, 0) is 24.3 Å². The van der Waals surface area contributed by atoms with Crippen molar-refractivity contribution < 1.29 is 26.8 Å². The van der Waals surface area contributed by atoms with Gasteiger partial charge in [0.1, 0.15) is 4.90 Å². The van der Waals surface area contributed by atoms with Crippen LogP contribution in [0.2, 0.25) is 0 Å². The third-order valence-corrected chi connectivity index (χ3v) is 4.90. The lowest BCUT2D eigenvalue weighted by atomic mass is 10.2. The van der Waals surface area contributed by atoms with E-state index in [1.165, 1.54) is 39.5 Å². The number of methoxy groups -OCH3 is 3. The molecule has 0 amide bonds. The first-order chi connectivity index (χ1) is 12.0. The van der Waals surface area contributed by atoms with E-state index in [9.17, 15) is 8.42 Å². The summed E-state index contributed by atoms with van der Waals surface area (Å²) in [7, 11) is 0.324. The average molecular weight is 363 g/mol. The number of ether oxygens (including phenoxy) is 3. The monoisotopic (exact) mass is 363 g/mol. The van der Waals surface area contributed by atoms with E-state index in [1.54, 1.807) is 24.4 Å². The molecule has 0 fully saturated rings. The van der Waals surface area contributed by atoms with E-state index in [1.807, 2.05) is 0 Å². The largest absolute Gasteiger partial charge is 0.493 e. The van der Waals surface area contributed by atoms with Crippen LogP contribution in [-0.2, 0) is 10.1 Å². The summed E-state index contributed by atoms with van der Waals surface area (Å²) in [6, 6.07) is 9.33. The van der Waals surface area contributed by atoms with Crippen molar-refractivity contribution in [3.05, 3.63) is 42.6 Å². The maximum atomic E-state index is 12.6. The fraction of sp³-hybridized carbons (Fsp3) is 0.176. The van der Waals surface area contributed by atoms with Crippen LogP contribution in [0.1, 0.15) is 0 Å². The van der Waals surface area contributed by atoms with Crippen LogP contribution in [0, 0.1) is 0 Å². The van der Waals surface area contributed by atoms with Gasteiger partial charge in [-0.15, -0.1) is 0 Å². The smallest absolute Gasteiger partial charge is 0.339 e. The van der Waals surface area contributed by atoms with Gasteiger partial charge in [0.05, 0.1) is 21.3 Å². The summed E-state index contributed by atoms with van der Waals surface area (Å²) in [6.07, 6.45) is 1.74. The second-order valence-corrected chi connectivity index (χ2v) is 6.67. The minimum atomic E-state index is -4.02. The van der Waals surface area contributed by atoms with Gasteiger partial charge in [-0.1, -0.05) is 0 Å². The predicted octanol–water partition coefficient (Wildman–Crippen LogP) is 2.96. The van der Waals surface area contributed by atoms with E-state index < -0.39 is 10.1 Å². The van der Waals surface area contributed by atoms with Gasteiger partial charge in [0.2, 0.25) is 5.75 Å². The Morgan fingerprint density at radius 1 is 0.880 bits per heavy atom. The molecular formula is C17H17NO6S. The van der Waals surface area contributed by atoms with Crippen LogP contribution in [0.25, 0.3) is 10.9 Å². The molecule has 3 aromatic rings. The zero-order chi connectivity index (χ0) is 18.0. The molecule has 0 spiro atoms. The molecule has 0 saturated carbocycles. The fourth-order valence-corrected chi connectivity index (χ4v) is 3.42. The molecule has 1 heterocycles. The van der Waals surface area contributed by atoms with E-state index >= 15 is 0 Å². The standard InChI is InChI=1S/C17H17NO6S/c1-21-15-9-12(10-16(22-2)17(15)23-3)24-25(19,20)13-4-5-14-11(8-13)6-7-18-14/h4-10,18H,1-3H3. The fourth-order valence-electron chi connectivity index (χ4n) is 2.47. The Morgan fingerprint density at radius 2 is 1.56 bits per heavy atom. The maximum absolute atomic E-state index is 12.6. The van der Waals surface area contributed by atoms with Crippen molar-refractivity contribution in [2.75, 3.05) is 21.3 Å². The highest BCUT2D eigenvalue weighted by Crippen LogP contribution is 2.41. The van der Waals surface area contributed by atoms with Crippen LogP contribution in [0.3, 0.4) is 0 Å². The molecule has 25 heavy (non-hydrogen) atoms. The molecule has 0 unspecified atom stereocenters. The Labute approximate surface area is 145 Å². The maximum Gasteiger partial charge on any atom is 0.339 e. The SMILES string of the molecule is COc1cc(OS(=O)(=O)c2ccc3[nH]ccc3c2)cc(OC)c1OC. The average Bonchev–Trinajstić information content (AvgIpc) is 3.08. The van der Waals surface area contributed by atoms with Crippen molar-refractivity contribution in [3.8, 4) is 23.0 Å². The molecule has 0 aliphatic heterocycles. The molecule has 0 atom stereocenters. The van der Waals surface area contributed by atoms with Gasteiger partial charge < -0.3 is 23.4 Å². The first-order valence-corrected chi connectivity index (χ1v) is 8.71. The second kappa shape index (κ2) is 6.56. The highest BCUT2D eigenvalue weighted by molar-refractivity contribution is 7.87. The number of fused-ring (bicyclic) bond motifs is 1. The highest BCUT2D eigenvalue weighted by atomic mass is 32.2. The lowest BCUT2D eigenvalue weighted by molar-refractivity contribution is 0.322. The van der Waals surface area contributed by atoms with Gasteiger partial charge in [0.15, 0.2) is 17.2 Å². The number of aromatic amines is 1. The van der Waals surface area contributed by atoms with Crippen LogP contribution in [0.5, 0.6) is 23.0 Å². The molecule has 0 radical (unpaired) electrons. The van der Waals surface area contributed by atoms with Crippen molar-refractivity contribution in [2.24, 2.45) is 0 Å². The van der Waals surface area contributed by atoms with E-state index in [-0.39, 0.29) is 10.6 Å². The summed E-state index contributed by atoms with van der Waals surface area (Å²) < 4.78 is 46.0. The van der Waals surface area contributed by atoms with Crippen LogP contribution in [-0.4, -0.2) is 34.7 Å². The van der Waals surface area contributed by atoms with Crippen LogP contribution >= 0.6 is 0 Å². The molecular weight excluding hydrogens is 346 g/mol. The second-order valence-electron chi connectivity index (χ2n) is 5.13. The molecule has 0 bridgehead atoms. The topological polar surface area (TPSA) is 86.9 Å². The zero-order valence-electron chi connectivity index (χ0n) is 13.9. The Morgan fingerprint density at radius 3 is 2.16 bits per heavy atom. The normalized spacial score (nSPS) is 11.3. The predicted molar refractivity (Wildman–Crippen MR) is 92.2 cm³/mol. The number of hydrogen-bond donors (Lipinski definition) is 1.